The molecule has 0 aromatic rings. The summed E-state index contributed by atoms with van der Waals surface area (Å²) in [6, 6.07) is 0. The van der Waals surface area contributed by atoms with E-state index in [-0.39, 0.29) is 6.61 Å². The number of allylic oxidation sites excluding steroid dienone is 3. The third kappa shape index (κ3) is 7.24. The Bertz CT molecular complexity index is 106. The lowest BCUT2D eigenvalue weighted by Crippen LogP contribution is -1.91. The molecule has 2 heteroatoms. The van der Waals surface area contributed by atoms with Crippen LogP contribution in [0.5, 0.6) is 0 Å². The summed E-state index contributed by atoms with van der Waals surface area (Å²) in [6.07, 6.45) is 8.35. The van der Waals surface area contributed by atoms with E-state index in [4.69, 9.17) is 9.84 Å². The number of aliphatic hydroxyl groups is 1. The van der Waals surface area contributed by atoms with Crippen LogP contribution in [-0.4, -0.2) is 18.3 Å². The summed E-state index contributed by atoms with van der Waals surface area (Å²) in [5.74, 6) is 0. The Hall–Kier alpha value is -0.760. The SMILES string of the molecule is CCC=CC=COCCO. The highest BCUT2D eigenvalue weighted by Crippen LogP contribution is 1.82. The third-order valence-electron chi connectivity index (χ3n) is 0.867. The molecule has 0 amide bonds. The average Bonchev–Trinajstić information content (AvgIpc) is 1.97. The van der Waals surface area contributed by atoms with Gasteiger partial charge in [-0.15, -0.1) is 0 Å². The van der Waals surface area contributed by atoms with Gasteiger partial charge < -0.3 is 9.84 Å². The molecule has 2 nitrogen and oxygen atoms in total. The van der Waals surface area contributed by atoms with Gasteiger partial charge in [-0.1, -0.05) is 19.1 Å². The molecule has 0 heterocycles. The number of ether oxygens (including phenoxy) is 1. The molecule has 0 spiro atoms. The van der Waals surface area contributed by atoms with Gasteiger partial charge >= 0.3 is 0 Å². The van der Waals surface area contributed by atoms with Crippen LogP contribution in [0.25, 0.3) is 0 Å². The van der Waals surface area contributed by atoms with E-state index in [1.807, 2.05) is 12.2 Å². The van der Waals surface area contributed by atoms with Gasteiger partial charge in [-0.3, -0.25) is 0 Å². The second-order valence-electron chi connectivity index (χ2n) is 1.76. The summed E-state index contributed by atoms with van der Waals surface area (Å²) in [5, 5.41) is 8.29. The molecule has 1 N–H and O–H groups in total. The van der Waals surface area contributed by atoms with E-state index >= 15 is 0 Å². The molecule has 0 saturated heterocycles. The van der Waals surface area contributed by atoms with Crippen LogP contribution >= 0.6 is 0 Å². The number of hydrogen-bond acceptors (Lipinski definition) is 2. The van der Waals surface area contributed by atoms with Gasteiger partial charge in [-0.05, 0) is 12.5 Å². The molecule has 0 radical (unpaired) electrons. The molecule has 10 heavy (non-hydrogen) atoms. The summed E-state index contributed by atoms with van der Waals surface area (Å²) in [7, 11) is 0. The number of aliphatic hydroxyl groups excluding tert-OH is 1. The van der Waals surface area contributed by atoms with Gasteiger partial charge in [0.05, 0.1) is 12.9 Å². The Morgan fingerprint density at radius 1 is 1.40 bits per heavy atom. The predicted molar refractivity (Wildman–Crippen MR) is 41.6 cm³/mol. The molecule has 0 aliphatic carbocycles. The maximum atomic E-state index is 8.29. The van der Waals surface area contributed by atoms with E-state index in [1.165, 1.54) is 0 Å². The largest absolute Gasteiger partial charge is 0.499 e. The molecule has 0 unspecified atom stereocenters. The molecule has 0 atom stereocenters. The molecule has 0 aromatic heterocycles. The lowest BCUT2D eigenvalue weighted by Gasteiger charge is -1.92. The standard InChI is InChI=1S/C8H14O2/c1-2-3-4-5-7-10-8-6-9/h3-5,7,9H,2,6,8H2,1H3. The zero-order valence-electron chi connectivity index (χ0n) is 6.29. The summed E-state index contributed by atoms with van der Waals surface area (Å²) in [6.45, 7) is 2.51. The molecular formula is C8H14O2. The minimum absolute atomic E-state index is 0.0713. The minimum atomic E-state index is 0.0713. The van der Waals surface area contributed by atoms with Gasteiger partial charge in [0.2, 0.25) is 0 Å². The number of hydrogen-bond donors (Lipinski definition) is 1. The van der Waals surface area contributed by atoms with Gasteiger partial charge in [0.15, 0.2) is 0 Å². The van der Waals surface area contributed by atoms with Crippen molar-refractivity contribution >= 4 is 0 Å². The maximum absolute atomic E-state index is 8.29. The van der Waals surface area contributed by atoms with E-state index in [1.54, 1.807) is 12.3 Å². The topological polar surface area (TPSA) is 29.5 Å². The smallest absolute Gasteiger partial charge is 0.110 e. The van der Waals surface area contributed by atoms with Crippen LogP contribution < -0.4 is 0 Å². The van der Waals surface area contributed by atoms with Crippen LogP contribution in [0.2, 0.25) is 0 Å². The fraction of sp³-hybridized carbons (Fsp3) is 0.500. The Morgan fingerprint density at radius 3 is 2.80 bits per heavy atom. The second-order valence-corrected chi connectivity index (χ2v) is 1.76. The average molecular weight is 142 g/mol. The highest BCUT2D eigenvalue weighted by Gasteiger charge is 1.73. The predicted octanol–water partition coefficient (Wildman–Crippen LogP) is 1.48. The lowest BCUT2D eigenvalue weighted by atomic mass is 10.4. The molecule has 0 rings (SSSR count). The van der Waals surface area contributed by atoms with Crippen LogP contribution in [0.1, 0.15) is 13.3 Å². The van der Waals surface area contributed by atoms with E-state index in [0.717, 1.165) is 6.42 Å². The minimum Gasteiger partial charge on any atom is -0.499 e. The van der Waals surface area contributed by atoms with Gasteiger partial charge in [-0.2, -0.15) is 0 Å². The van der Waals surface area contributed by atoms with Crippen molar-refractivity contribution < 1.29 is 9.84 Å². The quantitative estimate of drug-likeness (QED) is 0.358. The van der Waals surface area contributed by atoms with Crippen LogP contribution in [0.4, 0.5) is 0 Å². The van der Waals surface area contributed by atoms with Crippen LogP contribution in [0, 0.1) is 0 Å². The molecule has 0 aliphatic heterocycles. The van der Waals surface area contributed by atoms with E-state index < -0.39 is 0 Å². The summed E-state index contributed by atoms with van der Waals surface area (Å²) >= 11 is 0. The van der Waals surface area contributed by atoms with Gasteiger partial charge in [0, 0.05) is 0 Å². The number of rotatable bonds is 5. The summed E-state index contributed by atoms with van der Waals surface area (Å²) in [5.41, 5.74) is 0. The van der Waals surface area contributed by atoms with Crippen molar-refractivity contribution in [1.82, 2.24) is 0 Å². The van der Waals surface area contributed by atoms with Crippen molar-refractivity contribution in [2.45, 2.75) is 13.3 Å². The fourth-order valence-electron chi connectivity index (χ4n) is 0.436. The van der Waals surface area contributed by atoms with Crippen molar-refractivity contribution in [1.29, 1.82) is 0 Å². The molecule has 0 fully saturated rings. The second kappa shape index (κ2) is 8.24. The van der Waals surface area contributed by atoms with Crippen molar-refractivity contribution in [3.63, 3.8) is 0 Å². The molecular weight excluding hydrogens is 128 g/mol. The van der Waals surface area contributed by atoms with Crippen molar-refractivity contribution in [2.75, 3.05) is 13.2 Å². The van der Waals surface area contributed by atoms with Gasteiger partial charge in [0.25, 0.3) is 0 Å². The van der Waals surface area contributed by atoms with E-state index in [9.17, 15) is 0 Å². The Balaban J connectivity index is 3.11. The first-order chi connectivity index (χ1) is 4.91. The molecule has 0 aliphatic rings. The zero-order chi connectivity index (χ0) is 7.66. The van der Waals surface area contributed by atoms with Crippen molar-refractivity contribution in [3.8, 4) is 0 Å². The van der Waals surface area contributed by atoms with E-state index in [2.05, 4.69) is 6.92 Å². The Morgan fingerprint density at radius 2 is 2.20 bits per heavy atom. The fourth-order valence-corrected chi connectivity index (χ4v) is 0.436. The maximum Gasteiger partial charge on any atom is 0.110 e. The monoisotopic (exact) mass is 142 g/mol. The summed E-state index contributed by atoms with van der Waals surface area (Å²) in [4.78, 5) is 0. The van der Waals surface area contributed by atoms with Crippen LogP contribution in [-0.2, 0) is 4.74 Å². The highest BCUT2D eigenvalue weighted by atomic mass is 16.5. The van der Waals surface area contributed by atoms with Crippen molar-refractivity contribution in [3.05, 3.63) is 24.5 Å². The summed E-state index contributed by atoms with van der Waals surface area (Å²) < 4.78 is 4.85. The first-order valence-corrected chi connectivity index (χ1v) is 3.46. The lowest BCUT2D eigenvalue weighted by molar-refractivity contribution is 0.166. The molecule has 0 aromatic carbocycles. The van der Waals surface area contributed by atoms with E-state index in [0.29, 0.717) is 6.61 Å². The first kappa shape index (κ1) is 9.24. The first-order valence-electron chi connectivity index (χ1n) is 3.46. The van der Waals surface area contributed by atoms with Gasteiger partial charge in [-0.25, -0.2) is 0 Å². The van der Waals surface area contributed by atoms with Crippen molar-refractivity contribution in [2.24, 2.45) is 0 Å². The zero-order valence-corrected chi connectivity index (χ0v) is 6.29. The Labute approximate surface area is 61.8 Å². The molecule has 0 bridgehead atoms. The van der Waals surface area contributed by atoms with Crippen LogP contribution in [0.3, 0.4) is 0 Å². The third-order valence-corrected chi connectivity index (χ3v) is 0.867. The van der Waals surface area contributed by atoms with Crippen LogP contribution in [0.15, 0.2) is 24.5 Å². The molecule has 58 valence electrons. The normalized spacial score (nSPS) is 11.4. The van der Waals surface area contributed by atoms with Gasteiger partial charge in [0.1, 0.15) is 6.61 Å². The molecule has 0 saturated carbocycles. The Kier molecular flexibility index (Phi) is 7.61. The highest BCUT2D eigenvalue weighted by molar-refractivity contribution is 4.98.